The van der Waals surface area contributed by atoms with Crippen molar-refractivity contribution < 1.29 is 4.74 Å². The molecule has 0 aliphatic carbocycles. The molecule has 0 aliphatic rings. The highest BCUT2D eigenvalue weighted by atomic mass is 16.5. The Hall–Kier alpha value is -1.98. The molecule has 19 heavy (non-hydrogen) atoms. The zero-order valence-corrected chi connectivity index (χ0v) is 12.1. The van der Waals surface area contributed by atoms with E-state index in [4.69, 9.17) is 4.74 Å². The number of rotatable bonds is 5. The van der Waals surface area contributed by atoms with E-state index in [2.05, 4.69) is 35.6 Å². The standard InChI is InChI=1S/C13H21N5O/c1-9(2)18-7-11(10(3)15-18)6-14-12-8-17(4)16-13(12)19-5/h7-9,14H,6H2,1-5H3. The first kappa shape index (κ1) is 13.5. The van der Waals surface area contributed by atoms with Gasteiger partial charge in [0, 0.05) is 31.4 Å². The molecule has 0 amide bonds. The number of aromatic nitrogens is 4. The third kappa shape index (κ3) is 2.89. The van der Waals surface area contributed by atoms with Gasteiger partial charge in [0.15, 0.2) is 0 Å². The van der Waals surface area contributed by atoms with Crippen molar-refractivity contribution in [2.24, 2.45) is 7.05 Å². The Bertz CT molecular complexity index is 555. The van der Waals surface area contributed by atoms with Crippen LogP contribution >= 0.6 is 0 Å². The number of methoxy groups -OCH3 is 1. The van der Waals surface area contributed by atoms with Crippen LogP contribution in [0.25, 0.3) is 0 Å². The summed E-state index contributed by atoms with van der Waals surface area (Å²) in [5.74, 6) is 0.608. The summed E-state index contributed by atoms with van der Waals surface area (Å²) in [6, 6.07) is 0.375. The van der Waals surface area contributed by atoms with E-state index in [9.17, 15) is 0 Å². The fraction of sp³-hybridized carbons (Fsp3) is 0.538. The minimum Gasteiger partial charge on any atom is -0.478 e. The van der Waals surface area contributed by atoms with Crippen LogP contribution in [0.5, 0.6) is 5.88 Å². The van der Waals surface area contributed by atoms with Crippen molar-refractivity contribution in [2.75, 3.05) is 12.4 Å². The molecule has 104 valence electrons. The van der Waals surface area contributed by atoms with Crippen LogP contribution in [0.2, 0.25) is 0 Å². The van der Waals surface area contributed by atoms with Gasteiger partial charge in [0.2, 0.25) is 0 Å². The lowest BCUT2D eigenvalue weighted by Crippen LogP contribution is -2.01. The van der Waals surface area contributed by atoms with Crippen molar-refractivity contribution in [3.05, 3.63) is 23.7 Å². The summed E-state index contributed by atoms with van der Waals surface area (Å²) in [6.07, 6.45) is 3.98. The molecular weight excluding hydrogens is 242 g/mol. The quantitative estimate of drug-likeness (QED) is 0.897. The lowest BCUT2D eigenvalue weighted by molar-refractivity contribution is 0.393. The molecule has 0 bridgehead atoms. The van der Waals surface area contributed by atoms with Gasteiger partial charge in [0.1, 0.15) is 5.69 Å². The molecule has 2 rings (SSSR count). The number of ether oxygens (including phenoxy) is 1. The SMILES string of the molecule is COc1nn(C)cc1NCc1cn(C(C)C)nc1C. The van der Waals surface area contributed by atoms with Gasteiger partial charge in [-0.25, -0.2) is 0 Å². The van der Waals surface area contributed by atoms with E-state index in [-0.39, 0.29) is 0 Å². The summed E-state index contributed by atoms with van der Waals surface area (Å²) < 4.78 is 8.92. The molecule has 6 heteroatoms. The molecule has 0 radical (unpaired) electrons. The van der Waals surface area contributed by atoms with Crippen LogP contribution in [0.4, 0.5) is 5.69 Å². The third-order valence-corrected chi connectivity index (χ3v) is 3.00. The van der Waals surface area contributed by atoms with Gasteiger partial charge in [-0.2, -0.15) is 5.10 Å². The maximum absolute atomic E-state index is 5.21. The van der Waals surface area contributed by atoms with Crippen molar-refractivity contribution in [2.45, 2.75) is 33.4 Å². The molecule has 2 aromatic heterocycles. The number of aryl methyl sites for hydroxylation is 2. The number of hydrogen-bond acceptors (Lipinski definition) is 4. The number of anilines is 1. The molecule has 1 N–H and O–H groups in total. The second-order valence-corrected chi connectivity index (χ2v) is 4.89. The van der Waals surface area contributed by atoms with Crippen LogP contribution < -0.4 is 10.1 Å². The van der Waals surface area contributed by atoms with Gasteiger partial charge in [-0.05, 0) is 20.8 Å². The van der Waals surface area contributed by atoms with Gasteiger partial charge in [0.05, 0.1) is 19.0 Å². The predicted octanol–water partition coefficient (Wildman–Crippen LogP) is 2.13. The molecule has 0 atom stereocenters. The largest absolute Gasteiger partial charge is 0.478 e. The van der Waals surface area contributed by atoms with Crippen molar-refractivity contribution in [3.63, 3.8) is 0 Å². The first-order chi connectivity index (χ1) is 9.01. The molecule has 0 unspecified atom stereocenters. The fourth-order valence-corrected chi connectivity index (χ4v) is 1.89. The van der Waals surface area contributed by atoms with Crippen molar-refractivity contribution in [1.82, 2.24) is 19.6 Å². The van der Waals surface area contributed by atoms with E-state index < -0.39 is 0 Å². The zero-order chi connectivity index (χ0) is 14.0. The summed E-state index contributed by atoms with van der Waals surface area (Å²) in [5.41, 5.74) is 3.12. The Morgan fingerprint density at radius 1 is 1.32 bits per heavy atom. The Kier molecular flexibility index (Phi) is 3.78. The van der Waals surface area contributed by atoms with Crippen LogP contribution in [-0.2, 0) is 13.6 Å². The van der Waals surface area contributed by atoms with Crippen LogP contribution in [-0.4, -0.2) is 26.7 Å². The predicted molar refractivity (Wildman–Crippen MR) is 74.4 cm³/mol. The summed E-state index contributed by atoms with van der Waals surface area (Å²) in [7, 11) is 3.49. The van der Waals surface area contributed by atoms with Gasteiger partial charge < -0.3 is 10.1 Å². The second kappa shape index (κ2) is 5.34. The molecular formula is C13H21N5O. The molecule has 0 saturated heterocycles. The third-order valence-electron chi connectivity index (χ3n) is 3.00. The van der Waals surface area contributed by atoms with Crippen LogP contribution in [0.1, 0.15) is 31.1 Å². The fourth-order valence-electron chi connectivity index (χ4n) is 1.89. The Morgan fingerprint density at radius 3 is 2.63 bits per heavy atom. The summed E-state index contributed by atoms with van der Waals surface area (Å²) in [6.45, 7) is 6.97. The molecule has 6 nitrogen and oxygen atoms in total. The smallest absolute Gasteiger partial charge is 0.256 e. The van der Waals surface area contributed by atoms with E-state index in [0.717, 1.165) is 11.4 Å². The lowest BCUT2D eigenvalue weighted by atomic mass is 10.2. The van der Waals surface area contributed by atoms with Crippen LogP contribution in [0, 0.1) is 6.92 Å². The molecule has 0 aromatic carbocycles. The van der Waals surface area contributed by atoms with Gasteiger partial charge in [0.25, 0.3) is 5.88 Å². The second-order valence-electron chi connectivity index (χ2n) is 4.89. The van der Waals surface area contributed by atoms with Crippen molar-refractivity contribution in [1.29, 1.82) is 0 Å². The first-order valence-corrected chi connectivity index (χ1v) is 6.37. The Balaban J connectivity index is 2.09. The van der Waals surface area contributed by atoms with Gasteiger partial charge in [-0.1, -0.05) is 0 Å². The van der Waals surface area contributed by atoms with Gasteiger partial charge in [-0.15, -0.1) is 5.10 Å². The van der Waals surface area contributed by atoms with Crippen molar-refractivity contribution >= 4 is 5.69 Å². The number of hydrogen-bond donors (Lipinski definition) is 1. The molecule has 0 spiro atoms. The minimum atomic E-state index is 0.375. The van der Waals surface area contributed by atoms with Crippen LogP contribution in [0.3, 0.4) is 0 Å². The summed E-state index contributed by atoms with van der Waals surface area (Å²) in [5, 5.41) is 12.0. The average molecular weight is 263 g/mol. The highest BCUT2D eigenvalue weighted by Crippen LogP contribution is 2.22. The van der Waals surface area contributed by atoms with Crippen molar-refractivity contribution in [3.8, 4) is 5.88 Å². The van der Waals surface area contributed by atoms with Gasteiger partial charge >= 0.3 is 0 Å². The minimum absolute atomic E-state index is 0.375. The van der Waals surface area contributed by atoms with E-state index >= 15 is 0 Å². The zero-order valence-electron chi connectivity index (χ0n) is 12.1. The average Bonchev–Trinajstić information content (AvgIpc) is 2.90. The molecule has 0 saturated carbocycles. The lowest BCUT2D eigenvalue weighted by Gasteiger charge is -2.05. The normalized spacial score (nSPS) is 11.1. The maximum atomic E-state index is 5.21. The Labute approximate surface area is 113 Å². The number of nitrogens with one attached hydrogen (secondary N) is 1. The molecule has 0 fully saturated rings. The highest BCUT2D eigenvalue weighted by Gasteiger charge is 2.10. The van der Waals surface area contributed by atoms with E-state index in [1.807, 2.05) is 24.9 Å². The van der Waals surface area contributed by atoms with E-state index in [1.54, 1.807) is 11.8 Å². The number of nitrogens with zero attached hydrogens (tertiary/aromatic N) is 4. The van der Waals surface area contributed by atoms with Gasteiger partial charge in [-0.3, -0.25) is 9.36 Å². The highest BCUT2D eigenvalue weighted by molar-refractivity contribution is 5.51. The molecule has 2 aromatic rings. The molecule has 0 aliphatic heterocycles. The monoisotopic (exact) mass is 263 g/mol. The first-order valence-electron chi connectivity index (χ1n) is 6.37. The molecule has 2 heterocycles. The van der Waals surface area contributed by atoms with E-state index in [1.165, 1.54) is 5.56 Å². The summed E-state index contributed by atoms with van der Waals surface area (Å²) >= 11 is 0. The topological polar surface area (TPSA) is 56.9 Å². The van der Waals surface area contributed by atoms with E-state index in [0.29, 0.717) is 18.5 Å². The maximum Gasteiger partial charge on any atom is 0.256 e. The summed E-state index contributed by atoms with van der Waals surface area (Å²) in [4.78, 5) is 0. The van der Waals surface area contributed by atoms with Crippen LogP contribution in [0.15, 0.2) is 12.4 Å². The Morgan fingerprint density at radius 2 is 2.05 bits per heavy atom.